The Morgan fingerprint density at radius 2 is 1.63 bits per heavy atom. The van der Waals surface area contributed by atoms with Gasteiger partial charge in [0, 0.05) is 38.6 Å². The van der Waals surface area contributed by atoms with Gasteiger partial charge in [0.15, 0.2) is 0 Å². The van der Waals surface area contributed by atoms with E-state index < -0.39 is 18.6 Å². The van der Waals surface area contributed by atoms with Gasteiger partial charge in [-0.05, 0) is 18.8 Å². The third-order valence-corrected chi connectivity index (χ3v) is 5.31. The van der Waals surface area contributed by atoms with Crippen LogP contribution in [0.2, 0.25) is 0 Å². The predicted octanol–water partition coefficient (Wildman–Crippen LogP) is 2.76. The maximum atomic E-state index is 12.8. The van der Waals surface area contributed by atoms with E-state index in [1.54, 1.807) is 13.8 Å². The summed E-state index contributed by atoms with van der Waals surface area (Å²) in [6.45, 7) is 4.63. The minimum atomic E-state index is -4.39. The normalized spacial score (nSPS) is 20.1. The van der Waals surface area contributed by atoms with Gasteiger partial charge in [-0.2, -0.15) is 13.2 Å². The molecule has 1 saturated heterocycles. The Kier molecular flexibility index (Phi) is 7.94. The van der Waals surface area contributed by atoms with E-state index in [-0.39, 0.29) is 30.8 Å². The molecule has 0 atom stereocenters. The summed E-state index contributed by atoms with van der Waals surface area (Å²) in [6.07, 6.45) is 0.934. The number of nitrogens with zero attached hydrogens (tertiary/aromatic N) is 3. The van der Waals surface area contributed by atoms with Crippen LogP contribution in [-0.2, 0) is 9.59 Å². The van der Waals surface area contributed by atoms with Crippen LogP contribution < -0.4 is 0 Å². The van der Waals surface area contributed by atoms with Crippen LogP contribution in [0.5, 0.6) is 0 Å². The van der Waals surface area contributed by atoms with E-state index >= 15 is 0 Å². The molecular weight excluding hydrogens is 359 g/mol. The molecule has 0 bridgehead atoms. The minimum Gasteiger partial charge on any atom is -0.340 e. The fraction of sp³-hybridized carbons (Fsp3) is 0.895. The SMILES string of the molecule is CC(C)CN(CC(F)(F)F)C(=O)CN1CCN(C(=O)C2CCCCC2)CC1. The molecular formula is C19H32F3N3O2. The molecule has 1 saturated carbocycles. The van der Waals surface area contributed by atoms with Crippen LogP contribution in [0.25, 0.3) is 0 Å². The highest BCUT2D eigenvalue weighted by molar-refractivity contribution is 5.79. The molecule has 0 aromatic rings. The van der Waals surface area contributed by atoms with Crippen molar-refractivity contribution in [1.29, 1.82) is 0 Å². The zero-order chi connectivity index (χ0) is 20.0. The second-order valence-corrected chi connectivity index (χ2v) is 8.22. The van der Waals surface area contributed by atoms with Crippen LogP contribution in [0.4, 0.5) is 13.2 Å². The van der Waals surface area contributed by atoms with Crippen LogP contribution in [0.3, 0.4) is 0 Å². The van der Waals surface area contributed by atoms with Gasteiger partial charge in [0.25, 0.3) is 0 Å². The average molecular weight is 391 g/mol. The van der Waals surface area contributed by atoms with Crippen molar-refractivity contribution in [3.8, 4) is 0 Å². The summed E-state index contributed by atoms with van der Waals surface area (Å²) >= 11 is 0. The molecule has 0 radical (unpaired) electrons. The molecule has 0 unspecified atom stereocenters. The molecule has 27 heavy (non-hydrogen) atoms. The van der Waals surface area contributed by atoms with E-state index in [0.29, 0.717) is 26.2 Å². The average Bonchev–Trinajstić information content (AvgIpc) is 2.60. The van der Waals surface area contributed by atoms with Gasteiger partial charge < -0.3 is 9.80 Å². The fourth-order valence-corrected chi connectivity index (χ4v) is 3.94. The van der Waals surface area contributed by atoms with Gasteiger partial charge in [-0.3, -0.25) is 14.5 Å². The van der Waals surface area contributed by atoms with E-state index in [0.717, 1.165) is 30.6 Å². The van der Waals surface area contributed by atoms with E-state index in [2.05, 4.69) is 0 Å². The molecule has 2 amide bonds. The first-order valence-corrected chi connectivity index (χ1v) is 10.0. The molecule has 2 rings (SSSR count). The molecule has 1 heterocycles. The van der Waals surface area contributed by atoms with Gasteiger partial charge in [-0.1, -0.05) is 33.1 Å². The molecule has 156 valence electrons. The van der Waals surface area contributed by atoms with E-state index in [1.807, 2.05) is 9.80 Å². The molecule has 8 heteroatoms. The summed E-state index contributed by atoms with van der Waals surface area (Å²) in [4.78, 5) is 29.6. The van der Waals surface area contributed by atoms with Crippen molar-refractivity contribution >= 4 is 11.8 Å². The third-order valence-electron chi connectivity index (χ3n) is 5.31. The van der Waals surface area contributed by atoms with Crippen LogP contribution in [0, 0.1) is 11.8 Å². The van der Waals surface area contributed by atoms with E-state index in [4.69, 9.17) is 0 Å². The summed E-state index contributed by atoms with van der Waals surface area (Å²) in [6, 6.07) is 0. The lowest BCUT2D eigenvalue weighted by Gasteiger charge is -2.37. The molecule has 2 aliphatic rings. The minimum absolute atomic E-state index is 0.0196. The Bertz CT molecular complexity index is 497. The Balaban J connectivity index is 1.82. The fourth-order valence-electron chi connectivity index (χ4n) is 3.94. The number of carbonyl (C=O) groups excluding carboxylic acids is 2. The number of carbonyl (C=O) groups is 2. The second kappa shape index (κ2) is 9.75. The van der Waals surface area contributed by atoms with Gasteiger partial charge in [0.05, 0.1) is 6.54 Å². The number of amides is 2. The Morgan fingerprint density at radius 1 is 1.04 bits per heavy atom. The first-order chi connectivity index (χ1) is 12.7. The third kappa shape index (κ3) is 7.31. The number of alkyl halides is 3. The summed E-state index contributed by atoms with van der Waals surface area (Å²) in [5.74, 6) is -0.186. The zero-order valence-electron chi connectivity index (χ0n) is 16.4. The monoisotopic (exact) mass is 391 g/mol. The first-order valence-electron chi connectivity index (χ1n) is 10.0. The van der Waals surface area contributed by atoms with Crippen LogP contribution in [-0.4, -0.2) is 78.5 Å². The number of rotatable bonds is 6. The molecule has 1 aliphatic carbocycles. The van der Waals surface area contributed by atoms with Gasteiger partial charge in [-0.25, -0.2) is 0 Å². The molecule has 2 fully saturated rings. The molecule has 0 aromatic heterocycles. The van der Waals surface area contributed by atoms with Crippen molar-refractivity contribution in [3.63, 3.8) is 0 Å². The molecule has 0 spiro atoms. The van der Waals surface area contributed by atoms with E-state index in [9.17, 15) is 22.8 Å². The number of halogens is 3. The summed E-state index contributed by atoms with van der Waals surface area (Å²) in [5.41, 5.74) is 0. The molecule has 0 N–H and O–H groups in total. The highest BCUT2D eigenvalue weighted by atomic mass is 19.4. The number of hydrogen-bond donors (Lipinski definition) is 0. The van der Waals surface area contributed by atoms with Crippen molar-refractivity contribution in [2.24, 2.45) is 11.8 Å². The van der Waals surface area contributed by atoms with E-state index in [1.165, 1.54) is 6.42 Å². The van der Waals surface area contributed by atoms with Crippen molar-refractivity contribution in [2.75, 3.05) is 45.8 Å². The molecule has 5 nitrogen and oxygen atoms in total. The topological polar surface area (TPSA) is 43.9 Å². The standard InChI is InChI=1S/C19H32F3N3O2/c1-15(2)12-25(14-19(20,21)22)17(26)13-23-8-10-24(11-9-23)18(27)16-6-4-3-5-7-16/h15-16H,3-14H2,1-2H3. The summed E-state index contributed by atoms with van der Waals surface area (Å²) in [5, 5.41) is 0. The van der Waals surface area contributed by atoms with Gasteiger partial charge in [0.2, 0.25) is 11.8 Å². The lowest BCUT2D eigenvalue weighted by Crippen LogP contribution is -2.53. The quantitative estimate of drug-likeness (QED) is 0.699. The van der Waals surface area contributed by atoms with Crippen molar-refractivity contribution in [2.45, 2.75) is 52.1 Å². The van der Waals surface area contributed by atoms with Crippen molar-refractivity contribution < 1.29 is 22.8 Å². The van der Waals surface area contributed by atoms with Crippen molar-refractivity contribution in [1.82, 2.24) is 14.7 Å². The molecule has 0 aromatic carbocycles. The lowest BCUT2D eigenvalue weighted by atomic mass is 9.88. The highest BCUT2D eigenvalue weighted by Gasteiger charge is 2.34. The summed E-state index contributed by atoms with van der Waals surface area (Å²) < 4.78 is 38.3. The smallest absolute Gasteiger partial charge is 0.340 e. The maximum absolute atomic E-state index is 12.8. The van der Waals surface area contributed by atoms with Crippen LogP contribution in [0.1, 0.15) is 46.0 Å². The van der Waals surface area contributed by atoms with Crippen LogP contribution >= 0.6 is 0 Å². The number of piperazine rings is 1. The van der Waals surface area contributed by atoms with Gasteiger partial charge in [0.1, 0.15) is 6.54 Å². The predicted molar refractivity (Wildman–Crippen MR) is 97.1 cm³/mol. The largest absolute Gasteiger partial charge is 0.406 e. The lowest BCUT2D eigenvalue weighted by molar-refractivity contribution is -0.163. The zero-order valence-corrected chi connectivity index (χ0v) is 16.4. The second-order valence-electron chi connectivity index (χ2n) is 8.22. The summed E-state index contributed by atoms with van der Waals surface area (Å²) in [7, 11) is 0. The maximum Gasteiger partial charge on any atom is 0.406 e. The Hall–Kier alpha value is -1.31. The van der Waals surface area contributed by atoms with Crippen molar-refractivity contribution in [3.05, 3.63) is 0 Å². The molecule has 1 aliphatic heterocycles. The van der Waals surface area contributed by atoms with Crippen LogP contribution in [0.15, 0.2) is 0 Å². The van der Waals surface area contributed by atoms with Gasteiger partial charge >= 0.3 is 6.18 Å². The first kappa shape index (κ1) is 22.0. The number of hydrogen-bond acceptors (Lipinski definition) is 3. The highest BCUT2D eigenvalue weighted by Crippen LogP contribution is 2.26. The Morgan fingerprint density at radius 3 is 2.15 bits per heavy atom. The van der Waals surface area contributed by atoms with Gasteiger partial charge in [-0.15, -0.1) is 0 Å². The Labute approximate surface area is 159 Å².